The van der Waals surface area contributed by atoms with Gasteiger partial charge in [0.05, 0.1) is 0 Å². The van der Waals surface area contributed by atoms with Gasteiger partial charge in [-0.05, 0) is 71.3 Å². The Morgan fingerprint density at radius 3 is 1.69 bits per heavy atom. The first-order chi connectivity index (χ1) is 15.9. The molecule has 35 heavy (non-hydrogen) atoms. The minimum atomic E-state index is 0. The quantitative estimate of drug-likeness (QED) is 0.187. The van der Waals surface area contributed by atoms with E-state index in [0.717, 1.165) is 40.3 Å². The van der Waals surface area contributed by atoms with Crippen molar-refractivity contribution in [3.05, 3.63) is 96.1 Å². The van der Waals surface area contributed by atoms with Crippen LogP contribution in [-0.2, 0) is 13.1 Å². The van der Waals surface area contributed by atoms with E-state index in [1.54, 1.807) is 0 Å². The molecule has 0 amide bonds. The Balaban J connectivity index is 0.000000332. The first kappa shape index (κ1) is 29.3. The van der Waals surface area contributed by atoms with Gasteiger partial charge in [-0.3, -0.25) is 0 Å². The van der Waals surface area contributed by atoms with Gasteiger partial charge in [0.25, 0.3) is 0 Å². The van der Waals surface area contributed by atoms with Crippen LogP contribution < -0.4 is 39.7 Å². The number of anilines is 6. The van der Waals surface area contributed by atoms with Crippen LogP contribution in [0, 0.1) is 0 Å². The third kappa shape index (κ3) is 8.50. The Morgan fingerprint density at radius 2 is 1.14 bits per heavy atom. The molecule has 0 aliphatic carbocycles. The number of halogens is 2. The van der Waals surface area contributed by atoms with Crippen molar-refractivity contribution < 1.29 is 0 Å². The van der Waals surface area contributed by atoms with E-state index >= 15 is 0 Å². The summed E-state index contributed by atoms with van der Waals surface area (Å²) in [4.78, 5) is 0. The van der Waals surface area contributed by atoms with Gasteiger partial charge in [0, 0.05) is 52.8 Å². The lowest BCUT2D eigenvalue weighted by Gasteiger charge is -2.11. The molecular formula is C26H33Cl2N7. The topological polar surface area (TPSA) is 168 Å². The molecule has 7 nitrogen and oxygen atoms in total. The highest BCUT2D eigenvalue weighted by Gasteiger charge is 2.06. The first-order valence-electron chi connectivity index (χ1n) is 10.5. The normalized spacial score (nSPS) is 9.63. The van der Waals surface area contributed by atoms with Gasteiger partial charge in [0.1, 0.15) is 0 Å². The van der Waals surface area contributed by atoms with Crippen LogP contribution in [0.1, 0.15) is 11.1 Å². The Kier molecular flexibility index (Phi) is 11.5. The second kappa shape index (κ2) is 13.8. The number of nitrogen functional groups attached to an aromatic ring is 5. The molecule has 0 aliphatic heterocycles. The predicted octanol–water partition coefficient (Wildman–Crippen LogP) is 4.87. The molecule has 0 saturated carbocycles. The molecule has 0 radical (unpaired) electrons. The largest absolute Gasteiger partial charge is 0.399 e. The molecule has 0 bridgehead atoms. The van der Waals surface area contributed by atoms with Crippen LogP contribution >= 0.6 is 24.8 Å². The van der Waals surface area contributed by atoms with Crippen LogP contribution in [0.5, 0.6) is 0 Å². The molecule has 0 aliphatic rings. The fourth-order valence-corrected chi connectivity index (χ4v) is 3.33. The molecule has 0 unspecified atom stereocenters. The number of nitrogens with one attached hydrogen (secondary N) is 1. The summed E-state index contributed by atoms with van der Waals surface area (Å²) >= 11 is 0. The van der Waals surface area contributed by atoms with Gasteiger partial charge >= 0.3 is 0 Å². The van der Waals surface area contributed by atoms with Crippen LogP contribution in [0.25, 0.3) is 11.1 Å². The minimum absolute atomic E-state index is 0. The van der Waals surface area contributed by atoms with Crippen LogP contribution in [0.3, 0.4) is 0 Å². The number of rotatable bonds is 5. The number of benzene rings is 4. The standard InChI is InChI=1S/C13H16N4.C13H15N3.2ClH/c14-7-11-12(16)5-9(6-13(11)17)8-2-1-3-10(15)4-8;14-11-6-4-10(5-7-11)9-16-13-3-1-2-12(15)8-13;;/h1-6H,7,14-17H2;1-8,16H,9,14-15H2;2*1H. The number of hydrogen-bond donors (Lipinski definition) is 7. The molecule has 9 heteroatoms. The summed E-state index contributed by atoms with van der Waals surface area (Å²) in [5.41, 5.74) is 42.9. The zero-order valence-electron chi connectivity index (χ0n) is 19.3. The van der Waals surface area contributed by atoms with Crippen molar-refractivity contribution in [3.8, 4) is 11.1 Å². The lowest BCUT2D eigenvalue weighted by molar-refractivity contribution is 1.08. The van der Waals surface area contributed by atoms with E-state index < -0.39 is 0 Å². The van der Waals surface area contributed by atoms with E-state index in [1.165, 1.54) is 5.56 Å². The van der Waals surface area contributed by atoms with Crippen molar-refractivity contribution in [2.45, 2.75) is 13.1 Å². The van der Waals surface area contributed by atoms with Gasteiger partial charge in [-0.1, -0.05) is 30.3 Å². The predicted molar refractivity (Wildman–Crippen MR) is 157 cm³/mol. The molecule has 0 saturated heterocycles. The molecule has 13 N–H and O–H groups in total. The molecule has 0 spiro atoms. The highest BCUT2D eigenvalue weighted by Crippen LogP contribution is 2.29. The molecule has 0 aromatic heterocycles. The third-order valence-electron chi connectivity index (χ3n) is 5.11. The number of nitrogens with two attached hydrogens (primary N) is 6. The van der Waals surface area contributed by atoms with Gasteiger partial charge in [-0.15, -0.1) is 24.8 Å². The molecule has 0 heterocycles. The van der Waals surface area contributed by atoms with Crippen molar-refractivity contribution in [2.75, 3.05) is 34.0 Å². The summed E-state index contributed by atoms with van der Waals surface area (Å²) in [5, 5.41) is 3.30. The Morgan fingerprint density at radius 1 is 0.571 bits per heavy atom. The first-order valence-corrected chi connectivity index (χ1v) is 10.5. The van der Waals surface area contributed by atoms with Crippen molar-refractivity contribution in [1.82, 2.24) is 0 Å². The highest BCUT2D eigenvalue weighted by atomic mass is 35.5. The summed E-state index contributed by atoms with van der Waals surface area (Å²) in [6.45, 7) is 1.11. The van der Waals surface area contributed by atoms with Crippen molar-refractivity contribution >= 4 is 58.9 Å². The van der Waals surface area contributed by atoms with Crippen molar-refractivity contribution in [1.29, 1.82) is 0 Å². The summed E-state index contributed by atoms with van der Waals surface area (Å²) in [6, 6.07) is 26.8. The minimum Gasteiger partial charge on any atom is -0.399 e. The van der Waals surface area contributed by atoms with E-state index in [4.69, 9.17) is 34.4 Å². The van der Waals surface area contributed by atoms with Gasteiger partial charge in [0.15, 0.2) is 0 Å². The second-order valence-corrected chi connectivity index (χ2v) is 7.68. The zero-order valence-corrected chi connectivity index (χ0v) is 20.9. The summed E-state index contributed by atoms with van der Waals surface area (Å²) in [7, 11) is 0. The fourth-order valence-electron chi connectivity index (χ4n) is 3.33. The van der Waals surface area contributed by atoms with E-state index in [-0.39, 0.29) is 24.8 Å². The zero-order chi connectivity index (χ0) is 23.8. The maximum absolute atomic E-state index is 5.92. The Labute approximate surface area is 218 Å². The maximum atomic E-state index is 5.92. The summed E-state index contributed by atoms with van der Waals surface area (Å²) < 4.78 is 0. The van der Waals surface area contributed by atoms with E-state index in [9.17, 15) is 0 Å². The van der Waals surface area contributed by atoms with E-state index in [1.807, 2.05) is 84.9 Å². The van der Waals surface area contributed by atoms with Gasteiger partial charge < -0.3 is 39.7 Å². The smallest absolute Gasteiger partial charge is 0.0400 e. The monoisotopic (exact) mass is 513 g/mol. The molecule has 0 atom stereocenters. The Hall–Kier alpha value is -3.78. The fraction of sp³-hybridized carbons (Fsp3) is 0.0769. The molecular weight excluding hydrogens is 481 g/mol. The number of hydrogen-bond acceptors (Lipinski definition) is 7. The van der Waals surface area contributed by atoms with Gasteiger partial charge in [-0.2, -0.15) is 0 Å². The molecule has 4 aromatic carbocycles. The molecule has 4 aromatic rings. The Bertz CT molecular complexity index is 1190. The average Bonchev–Trinajstić information content (AvgIpc) is 2.79. The lowest BCUT2D eigenvalue weighted by Crippen LogP contribution is -2.06. The third-order valence-corrected chi connectivity index (χ3v) is 5.11. The van der Waals surface area contributed by atoms with Crippen LogP contribution in [0.2, 0.25) is 0 Å². The lowest BCUT2D eigenvalue weighted by atomic mass is 10.0. The van der Waals surface area contributed by atoms with Crippen LogP contribution in [-0.4, -0.2) is 0 Å². The maximum Gasteiger partial charge on any atom is 0.0400 e. The van der Waals surface area contributed by atoms with Gasteiger partial charge in [0.2, 0.25) is 0 Å². The van der Waals surface area contributed by atoms with Crippen molar-refractivity contribution in [3.63, 3.8) is 0 Å². The van der Waals surface area contributed by atoms with Crippen LogP contribution in [0.4, 0.5) is 34.1 Å². The highest BCUT2D eigenvalue weighted by molar-refractivity contribution is 5.85. The van der Waals surface area contributed by atoms with E-state index in [2.05, 4.69) is 5.32 Å². The molecule has 186 valence electrons. The molecule has 4 rings (SSSR count). The summed E-state index contributed by atoms with van der Waals surface area (Å²) in [6.07, 6.45) is 0. The summed E-state index contributed by atoms with van der Waals surface area (Å²) in [5.74, 6) is 0. The van der Waals surface area contributed by atoms with E-state index in [0.29, 0.717) is 23.6 Å². The SMILES string of the molecule is Cl.Cl.NCc1c(N)cc(-c2cccc(N)c2)cc1N.Nc1ccc(CNc2cccc(N)c2)cc1. The van der Waals surface area contributed by atoms with Gasteiger partial charge in [-0.25, -0.2) is 0 Å². The van der Waals surface area contributed by atoms with Crippen LogP contribution in [0.15, 0.2) is 84.9 Å². The molecule has 0 fully saturated rings. The average molecular weight is 515 g/mol. The second-order valence-electron chi connectivity index (χ2n) is 7.68. The van der Waals surface area contributed by atoms with Crippen molar-refractivity contribution in [2.24, 2.45) is 5.73 Å².